The molecule has 0 aromatic heterocycles. The van der Waals surface area contributed by atoms with Crippen LogP contribution in [0.1, 0.15) is 36.7 Å². The fourth-order valence-electron chi connectivity index (χ4n) is 2.76. The van der Waals surface area contributed by atoms with Crippen LogP contribution in [0.25, 0.3) is 6.08 Å². The third-order valence-corrected chi connectivity index (χ3v) is 4.19. The zero-order chi connectivity index (χ0) is 20.0. The first kappa shape index (κ1) is 20.4. The molecule has 2 aromatic carbocycles. The van der Waals surface area contributed by atoms with Crippen molar-refractivity contribution in [3.8, 4) is 17.2 Å². The molecule has 0 bridgehead atoms. The lowest BCUT2D eigenvalue weighted by Crippen LogP contribution is -2.11. The summed E-state index contributed by atoms with van der Waals surface area (Å²) in [6, 6.07) is 10.7. The number of carbonyl (C=O) groups is 1. The Labute approximate surface area is 160 Å². The van der Waals surface area contributed by atoms with E-state index in [0.717, 1.165) is 5.56 Å². The first-order valence-electron chi connectivity index (χ1n) is 8.91. The highest BCUT2D eigenvalue weighted by Crippen LogP contribution is 2.30. The molecule has 2 N–H and O–H groups in total. The van der Waals surface area contributed by atoms with Gasteiger partial charge < -0.3 is 19.9 Å². The molecule has 0 atom stereocenters. The van der Waals surface area contributed by atoms with E-state index in [1.54, 1.807) is 32.4 Å². The van der Waals surface area contributed by atoms with Crippen LogP contribution < -0.4 is 19.9 Å². The van der Waals surface area contributed by atoms with Crippen LogP contribution in [0.4, 0.5) is 5.69 Å². The van der Waals surface area contributed by atoms with Gasteiger partial charge in [0.1, 0.15) is 17.2 Å². The number of allylic oxidation sites excluding steroid dienone is 1. The van der Waals surface area contributed by atoms with Gasteiger partial charge >= 0.3 is 0 Å². The second kappa shape index (κ2) is 9.12. The highest BCUT2D eigenvalue weighted by molar-refractivity contribution is 6.13. The van der Waals surface area contributed by atoms with Crippen molar-refractivity contribution in [2.24, 2.45) is 5.92 Å². The standard InChI is InChI=1S/C22H27NO4/c1-6-27-21-9-7-15(12-19(21)23)11-17(14(2)3)22(24)18-13-16(25-4)8-10-20(18)26-5/h7-14H,6,23H2,1-5H3. The summed E-state index contributed by atoms with van der Waals surface area (Å²) in [4.78, 5) is 13.2. The molecule has 0 amide bonds. The van der Waals surface area contributed by atoms with Crippen LogP contribution in [0.15, 0.2) is 42.0 Å². The quantitative estimate of drug-likeness (QED) is 0.418. The second-order valence-electron chi connectivity index (χ2n) is 6.38. The highest BCUT2D eigenvalue weighted by Gasteiger charge is 2.20. The van der Waals surface area contributed by atoms with Gasteiger partial charge in [0.15, 0.2) is 5.78 Å². The van der Waals surface area contributed by atoms with Crippen molar-refractivity contribution >= 4 is 17.5 Å². The van der Waals surface area contributed by atoms with Gasteiger partial charge in [0.05, 0.1) is 32.1 Å². The lowest BCUT2D eigenvalue weighted by molar-refractivity contribution is 0.102. The fraction of sp³-hybridized carbons (Fsp3) is 0.318. The molecule has 0 saturated heterocycles. The topological polar surface area (TPSA) is 70.8 Å². The predicted molar refractivity (Wildman–Crippen MR) is 109 cm³/mol. The van der Waals surface area contributed by atoms with E-state index >= 15 is 0 Å². The van der Waals surface area contributed by atoms with Gasteiger partial charge in [0, 0.05) is 5.57 Å². The van der Waals surface area contributed by atoms with Crippen LogP contribution in [0.5, 0.6) is 17.2 Å². The molecule has 0 aliphatic rings. The molecule has 144 valence electrons. The molecule has 0 saturated carbocycles. The van der Waals surface area contributed by atoms with E-state index in [-0.39, 0.29) is 11.7 Å². The molecule has 0 spiro atoms. The lowest BCUT2D eigenvalue weighted by Gasteiger charge is -2.15. The first-order valence-corrected chi connectivity index (χ1v) is 8.91. The normalized spacial score (nSPS) is 11.4. The summed E-state index contributed by atoms with van der Waals surface area (Å²) in [6.07, 6.45) is 1.86. The number of ether oxygens (including phenoxy) is 3. The summed E-state index contributed by atoms with van der Waals surface area (Å²) in [6.45, 7) is 6.41. The molecule has 0 heterocycles. The maximum atomic E-state index is 13.2. The van der Waals surface area contributed by atoms with Gasteiger partial charge in [-0.3, -0.25) is 4.79 Å². The largest absolute Gasteiger partial charge is 0.497 e. The van der Waals surface area contributed by atoms with Crippen molar-refractivity contribution in [2.75, 3.05) is 26.6 Å². The molecule has 27 heavy (non-hydrogen) atoms. The summed E-state index contributed by atoms with van der Waals surface area (Å²) >= 11 is 0. The molecular weight excluding hydrogens is 342 g/mol. The van der Waals surface area contributed by atoms with Crippen molar-refractivity contribution in [1.82, 2.24) is 0 Å². The summed E-state index contributed by atoms with van der Waals surface area (Å²) in [5.41, 5.74) is 8.56. The van der Waals surface area contributed by atoms with Crippen LogP contribution >= 0.6 is 0 Å². The van der Waals surface area contributed by atoms with Gasteiger partial charge in [-0.1, -0.05) is 19.9 Å². The SMILES string of the molecule is CCOc1ccc(C=C(C(=O)c2cc(OC)ccc2OC)C(C)C)cc1N. The Hall–Kier alpha value is -2.95. The zero-order valence-corrected chi connectivity index (χ0v) is 16.5. The Morgan fingerprint density at radius 3 is 2.33 bits per heavy atom. The number of hydrogen-bond donors (Lipinski definition) is 1. The number of nitrogens with two attached hydrogens (primary N) is 1. The number of anilines is 1. The number of Topliss-reactive ketones (excluding diaryl/α,β-unsaturated/α-hetero) is 1. The van der Waals surface area contributed by atoms with Crippen LogP contribution in [-0.2, 0) is 0 Å². The molecule has 0 aliphatic heterocycles. The number of nitrogen functional groups attached to an aromatic ring is 1. The summed E-state index contributed by atoms with van der Waals surface area (Å²) in [5, 5.41) is 0. The summed E-state index contributed by atoms with van der Waals surface area (Å²) in [5.74, 6) is 1.67. The molecule has 0 fully saturated rings. The van der Waals surface area contributed by atoms with E-state index in [4.69, 9.17) is 19.9 Å². The van der Waals surface area contributed by atoms with Gasteiger partial charge in [-0.25, -0.2) is 0 Å². The Balaban J connectivity index is 2.47. The van der Waals surface area contributed by atoms with Crippen molar-refractivity contribution in [3.05, 3.63) is 53.1 Å². The average Bonchev–Trinajstić information content (AvgIpc) is 2.66. The number of methoxy groups -OCH3 is 2. The van der Waals surface area contributed by atoms with Crippen LogP contribution in [0, 0.1) is 5.92 Å². The predicted octanol–water partition coefficient (Wildman–Crippen LogP) is 4.61. The Bertz CT molecular complexity index is 840. The zero-order valence-electron chi connectivity index (χ0n) is 16.5. The van der Waals surface area contributed by atoms with Crippen LogP contribution in [-0.4, -0.2) is 26.6 Å². The highest BCUT2D eigenvalue weighted by atomic mass is 16.5. The van der Waals surface area contributed by atoms with Crippen molar-refractivity contribution < 1.29 is 19.0 Å². The van der Waals surface area contributed by atoms with Crippen molar-refractivity contribution in [3.63, 3.8) is 0 Å². The van der Waals surface area contributed by atoms with Gasteiger partial charge in [-0.2, -0.15) is 0 Å². The maximum absolute atomic E-state index is 13.2. The monoisotopic (exact) mass is 369 g/mol. The van der Waals surface area contributed by atoms with Gasteiger partial charge in [-0.05, 0) is 54.8 Å². The maximum Gasteiger partial charge on any atom is 0.193 e. The number of hydrogen-bond acceptors (Lipinski definition) is 5. The van der Waals surface area contributed by atoms with E-state index in [1.807, 2.05) is 45.0 Å². The van der Waals surface area contributed by atoms with Gasteiger partial charge in [0.2, 0.25) is 0 Å². The fourth-order valence-corrected chi connectivity index (χ4v) is 2.76. The number of ketones is 1. The molecular formula is C22H27NO4. The smallest absolute Gasteiger partial charge is 0.193 e. The minimum absolute atomic E-state index is 0.0150. The van der Waals surface area contributed by atoms with Gasteiger partial charge in [-0.15, -0.1) is 0 Å². The molecule has 2 rings (SSSR count). The van der Waals surface area contributed by atoms with E-state index in [0.29, 0.717) is 40.7 Å². The van der Waals surface area contributed by atoms with Crippen molar-refractivity contribution in [2.45, 2.75) is 20.8 Å². The van der Waals surface area contributed by atoms with E-state index in [9.17, 15) is 4.79 Å². The molecule has 0 aliphatic carbocycles. The Morgan fingerprint density at radius 2 is 1.78 bits per heavy atom. The molecule has 0 unspecified atom stereocenters. The minimum Gasteiger partial charge on any atom is -0.497 e. The number of carbonyl (C=O) groups excluding carboxylic acids is 1. The number of rotatable bonds is 8. The third-order valence-electron chi connectivity index (χ3n) is 4.19. The molecule has 5 nitrogen and oxygen atoms in total. The second-order valence-corrected chi connectivity index (χ2v) is 6.38. The Morgan fingerprint density at radius 1 is 1.07 bits per heavy atom. The van der Waals surface area contributed by atoms with Gasteiger partial charge in [0.25, 0.3) is 0 Å². The van der Waals surface area contributed by atoms with Crippen molar-refractivity contribution in [1.29, 1.82) is 0 Å². The van der Waals surface area contributed by atoms with E-state index < -0.39 is 0 Å². The average molecular weight is 369 g/mol. The summed E-state index contributed by atoms with van der Waals surface area (Å²) < 4.78 is 16.1. The Kier molecular flexibility index (Phi) is 6.88. The van der Waals surface area contributed by atoms with Crippen LogP contribution in [0.2, 0.25) is 0 Å². The molecule has 2 aromatic rings. The van der Waals surface area contributed by atoms with Crippen LogP contribution in [0.3, 0.4) is 0 Å². The van der Waals surface area contributed by atoms with E-state index in [1.165, 1.54) is 0 Å². The third kappa shape index (κ3) is 4.82. The number of benzene rings is 2. The lowest BCUT2D eigenvalue weighted by atomic mass is 9.92. The minimum atomic E-state index is -0.104. The van der Waals surface area contributed by atoms with E-state index in [2.05, 4.69) is 0 Å². The molecule has 5 heteroatoms. The first-order chi connectivity index (χ1) is 12.9. The molecule has 0 radical (unpaired) electrons. The summed E-state index contributed by atoms with van der Waals surface area (Å²) in [7, 11) is 3.11.